The minimum atomic E-state index is -4.36. The van der Waals surface area contributed by atoms with Crippen LogP contribution in [0.5, 0.6) is 0 Å². The molecule has 0 N–H and O–H groups in total. The van der Waals surface area contributed by atoms with Crippen molar-refractivity contribution in [3.8, 4) is 0 Å². The van der Waals surface area contributed by atoms with E-state index in [-0.39, 0.29) is 5.41 Å². The zero-order chi connectivity index (χ0) is 19.7. The lowest BCUT2D eigenvalue weighted by atomic mass is 9.96. The van der Waals surface area contributed by atoms with Crippen molar-refractivity contribution in [3.63, 3.8) is 0 Å². The van der Waals surface area contributed by atoms with Gasteiger partial charge in [0.1, 0.15) is 17.5 Å². The van der Waals surface area contributed by atoms with Crippen LogP contribution in [-0.2, 0) is 11.6 Å². The highest BCUT2D eigenvalue weighted by Gasteiger charge is 2.31. The fourth-order valence-corrected chi connectivity index (χ4v) is 3.00. The molecule has 27 heavy (non-hydrogen) atoms. The van der Waals surface area contributed by atoms with Gasteiger partial charge in [-0.05, 0) is 24.6 Å². The first-order valence-electron chi connectivity index (χ1n) is 9.01. The third-order valence-corrected chi connectivity index (χ3v) is 4.53. The Hall–Kier alpha value is -2.38. The highest BCUT2D eigenvalue weighted by atomic mass is 19.4. The van der Waals surface area contributed by atoms with Crippen molar-refractivity contribution >= 4 is 11.6 Å². The van der Waals surface area contributed by atoms with Crippen molar-refractivity contribution in [1.29, 1.82) is 0 Å². The molecule has 8 heteroatoms. The van der Waals surface area contributed by atoms with Gasteiger partial charge in [0, 0.05) is 44.0 Å². The Morgan fingerprint density at radius 2 is 1.52 bits per heavy atom. The van der Waals surface area contributed by atoms with Crippen molar-refractivity contribution in [3.05, 3.63) is 42.0 Å². The predicted octanol–water partition coefficient (Wildman–Crippen LogP) is 3.90. The van der Waals surface area contributed by atoms with Gasteiger partial charge in [0.25, 0.3) is 0 Å². The second kappa shape index (κ2) is 7.32. The van der Waals surface area contributed by atoms with E-state index in [0.717, 1.165) is 50.0 Å². The normalized spacial score (nSPS) is 16.4. The van der Waals surface area contributed by atoms with Gasteiger partial charge in [0.05, 0.1) is 5.56 Å². The summed E-state index contributed by atoms with van der Waals surface area (Å²) < 4.78 is 38.1. The average molecular weight is 379 g/mol. The minimum absolute atomic E-state index is 0.127. The summed E-state index contributed by atoms with van der Waals surface area (Å²) in [6.07, 6.45) is -0.808. The first-order chi connectivity index (χ1) is 12.6. The first-order valence-corrected chi connectivity index (χ1v) is 9.01. The van der Waals surface area contributed by atoms with E-state index in [4.69, 9.17) is 4.98 Å². The number of hydrogen-bond acceptors (Lipinski definition) is 5. The maximum absolute atomic E-state index is 12.7. The number of alkyl halides is 3. The Balaban J connectivity index is 1.71. The second-order valence-electron chi connectivity index (χ2n) is 7.72. The molecular formula is C19H24F3N5. The molecule has 3 rings (SSSR count). The quantitative estimate of drug-likeness (QED) is 0.792. The molecule has 1 aliphatic rings. The number of pyridine rings is 1. The Morgan fingerprint density at radius 1 is 0.852 bits per heavy atom. The zero-order valence-corrected chi connectivity index (χ0v) is 15.8. The fourth-order valence-electron chi connectivity index (χ4n) is 3.00. The summed E-state index contributed by atoms with van der Waals surface area (Å²) in [6, 6.07) is 4.44. The number of hydrogen-bond donors (Lipinski definition) is 0. The van der Waals surface area contributed by atoms with Crippen molar-refractivity contribution in [1.82, 2.24) is 15.0 Å². The van der Waals surface area contributed by atoms with Crippen LogP contribution in [0, 0.1) is 0 Å². The molecule has 0 unspecified atom stereocenters. The highest BCUT2D eigenvalue weighted by molar-refractivity contribution is 5.43. The van der Waals surface area contributed by atoms with Crippen molar-refractivity contribution in [2.24, 2.45) is 0 Å². The summed E-state index contributed by atoms with van der Waals surface area (Å²) in [5.74, 6) is 2.26. The third-order valence-electron chi connectivity index (χ3n) is 4.53. The Morgan fingerprint density at radius 3 is 2.07 bits per heavy atom. The van der Waals surface area contributed by atoms with Crippen LogP contribution >= 0.6 is 0 Å². The van der Waals surface area contributed by atoms with Crippen molar-refractivity contribution in [2.45, 2.75) is 38.8 Å². The average Bonchev–Trinajstić information content (AvgIpc) is 2.87. The summed E-state index contributed by atoms with van der Waals surface area (Å²) in [6.45, 7) is 9.20. The Kier molecular flexibility index (Phi) is 5.26. The molecule has 2 aromatic rings. The van der Waals surface area contributed by atoms with Gasteiger partial charge in [-0.25, -0.2) is 15.0 Å². The number of anilines is 2. The molecule has 0 radical (unpaired) electrons. The second-order valence-corrected chi connectivity index (χ2v) is 7.72. The molecule has 1 saturated heterocycles. The molecule has 146 valence electrons. The summed E-state index contributed by atoms with van der Waals surface area (Å²) in [7, 11) is 0. The van der Waals surface area contributed by atoms with E-state index < -0.39 is 11.7 Å². The van der Waals surface area contributed by atoms with E-state index >= 15 is 0 Å². The minimum Gasteiger partial charge on any atom is -0.355 e. The Bertz CT molecular complexity index is 768. The fraction of sp³-hybridized carbons (Fsp3) is 0.526. The molecule has 0 aliphatic carbocycles. The van der Waals surface area contributed by atoms with Crippen molar-refractivity contribution < 1.29 is 13.2 Å². The summed E-state index contributed by atoms with van der Waals surface area (Å²) in [5, 5.41) is 0. The predicted molar refractivity (Wildman–Crippen MR) is 99.0 cm³/mol. The van der Waals surface area contributed by atoms with Gasteiger partial charge >= 0.3 is 6.18 Å². The van der Waals surface area contributed by atoms with Crippen LogP contribution in [0.15, 0.2) is 30.6 Å². The summed E-state index contributed by atoms with van der Waals surface area (Å²) in [5.41, 5.74) is -0.851. The molecule has 2 aromatic heterocycles. The monoisotopic (exact) mass is 379 g/mol. The number of nitrogens with zero attached hydrogens (tertiary/aromatic N) is 5. The van der Waals surface area contributed by atoms with Crippen LogP contribution in [0.3, 0.4) is 0 Å². The van der Waals surface area contributed by atoms with Gasteiger partial charge in [0.15, 0.2) is 0 Å². The molecular weight excluding hydrogens is 355 g/mol. The van der Waals surface area contributed by atoms with E-state index in [2.05, 4.69) is 35.6 Å². The van der Waals surface area contributed by atoms with E-state index in [1.165, 1.54) is 6.07 Å². The lowest BCUT2D eigenvalue weighted by molar-refractivity contribution is -0.137. The molecule has 3 heterocycles. The van der Waals surface area contributed by atoms with E-state index in [9.17, 15) is 13.2 Å². The van der Waals surface area contributed by atoms with Crippen LogP contribution in [0.2, 0.25) is 0 Å². The standard InChI is InChI=1S/C19H24F3N5/c1-18(2,3)17-23-8-7-16(25-17)27-10-4-9-26(11-12-27)15-6-5-14(13-24-15)19(20,21)22/h5-8,13H,4,9-12H2,1-3H3. The van der Waals surface area contributed by atoms with Gasteiger partial charge < -0.3 is 9.80 Å². The molecule has 0 spiro atoms. The molecule has 0 bridgehead atoms. The van der Waals surface area contributed by atoms with Gasteiger partial charge in [0.2, 0.25) is 0 Å². The number of halogens is 3. The van der Waals surface area contributed by atoms with Crippen LogP contribution < -0.4 is 9.80 Å². The molecule has 0 aromatic carbocycles. The van der Waals surface area contributed by atoms with Crippen LogP contribution in [0.25, 0.3) is 0 Å². The molecule has 0 amide bonds. The maximum atomic E-state index is 12.7. The zero-order valence-electron chi connectivity index (χ0n) is 15.8. The number of rotatable bonds is 2. The lowest BCUT2D eigenvalue weighted by Gasteiger charge is -2.25. The van der Waals surface area contributed by atoms with Gasteiger partial charge in [-0.3, -0.25) is 0 Å². The van der Waals surface area contributed by atoms with Crippen LogP contribution in [-0.4, -0.2) is 41.1 Å². The molecule has 0 atom stereocenters. The van der Waals surface area contributed by atoms with E-state index in [0.29, 0.717) is 12.4 Å². The largest absolute Gasteiger partial charge is 0.417 e. The van der Waals surface area contributed by atoms with Crippen LogP contribution in [0.4, 0.5) is 24.8 Å². The molecule has 1 aliphatic heterocycles. The first kappa shape index (κ1) is 19.4. The lowest BCUT2D eigenvalue weighted by Crippen LogP contribution is -2.32. The summed E-state index contributed by atoms with van der Waals surface area (Å²) in [4.78, 5) is 17.3. The SMILES string of the molecule is CC(C)(C)c1nccc(N2CCCN(c3ccc(C(F)(F)F)cn3)CC2)n1. The molecule has 5 nitrogen and oxygen atoms in total. The Labute approximate surface area is 157 Å². The van der Waals surface area contributed by atoms with Gasteiger partial charge in [-0.2, -0.15) is 13.2 Å². The van der Waals surface area contributed by atoms with E-state index in [1.54, 1.807) is 6.20 Å². The molecule has 0 saturated carbocycles. The maximum Gasteiger partial charge on any atom is 0.417 e. The van der Waals surface area contributed by atoms with Crippen molar-refractivity contribution in [2.75, 3.05) is 36.0 Å². The molecule has 1 fully saturated rings. The van der Waals surface area contributed by atoms with Gasteiger partial charge in [-0.15, -0.1) is 0 Å². The smallest absolute Gasteiger partial charge is 0.355 e. The van der Waals surface area contributed by atoms with E-state index in [1.807, 2.05) is 11.0 Å². The topological polar surface area (TPSA) is 45.2 Å². The van der Waals surface area contributed by atoms with Gasteiger partial charge in [-0.1, -0.05) is 20.8 Å². The summed E-state index contributed by atoms with van der Waals surface area (Å²) >= 11 is 0. The number of aromatic nitrogens is 3. The van der Waals surface area contributed by atoms with Crippen LogP contribution in [0.1, 0.15) is 38.6 Å². The third kappa shape index (κ3) is 4.67. The highest BCUT2D eigenvalue weighted by Crippen LogP contribution is 2.29.